The van der Waals surface area contributed by atoms with Crippen LogP contribution in [0, 0.1) is 6.92 Å². The van der Waals surface area contributed by atoms with Crippen molar-refractivity contribution in [3.05, 3.63) is 57.7 Å². The second-order valence-electron chi connectivity index (χ2n) is 6.01. The number of aromatic nitrogens is 1. The maximum Gasteiger partial charge on any atom is 0.312 e. The maximum absolute atomic E-state index is 11.9. The van der Waals surface area contributed by atoms with E-state index in [2.05, 4.69) is 10.3 Å². The molecule has 1 aromatic carbocycles. The zero-order valence-electron chi connectivity index (χ0n) is 15.3. The predicted molar refractivity (Wildman–Crippen MR) is 110 cm³/mol. The van der Waals surface area contributed by atoms with Crippen molar-refractivity contribution in [2.45, 2.75) is 13.3 Å². The minimum atomic E-state index is -0.478. The van der Waals surface area contributed by atoms with Crippen molar-refractivity contribution in [2.75, 3.05) is 19.8 Å². The quantitative estimate of drug-likeness (QED) is 0.427. The van der Waals surface area contributed by atoms with Gasteiger partial charge >= 0.3 is 5.97 Å². The van der Waals surface area contributed by atoms with Gasteiger partial charge in [-0.3, -0.25) is 9.59 Å². The van der Waals surface area contributed by atoms with E-state index in [1.807, 2.05) is 53.4 Å². The molecule has 2 heterocycles. The van der Waals surface area contributed by atoms with Crippen LogP contribution >= 0.6 is 22.7 Å². The normalized spacial score (nSPS) is 10.5. The highest BCUT2D eigenvalue weighted by Gasteiger charge is 2.12. The van der Waals surface area contributed by atoms with Gasteiger partial charge in [-0.25, -0.2) is 4.98 Å². The Hall–Kier alpha value is -2.71. The van der Waals surface area contributed by atoms with Gasteiger partial charge in [0.1, 0.15) is 17.4 Å². The predicted octanol–water partition coefficient (Wildman–Crippen LogP) is 3.46. The highest BCUT2D eigenvalue weighted by Crippen LogP contribution is 2.25. The first-order chi connectivity index (χ1) is 13.6. The number of amides is 1. The van der Waals surface area contributed by atoms with E-state index >= 15 is 0 Å². The molecule has 3 rings (SSSR count). The van der Waals surface area contributed by atoms with Crippen molar-refractivity contribution in [3.63, 3.8) is 0 Å². The molecule has 2 aromatic heterocycles. The van der Waals surface area contributed by atoms with Gasteiger partial charge in [0.2, 0.25) is 0 Å². The van der Waals surface area contributed by atoms with Crippen LogP contribution < -0.4 is 10.1 Å². The lowest BCUT2D eigenvalue weighted by Gasteiger charge is -2.08. The van der Waals surface area contributed by atoms with Gasteiger partial charge in [0, 0.05) is 16.3 Å². The molecule has 0 aliphatic heterocycles. The Morgan fingerprint density at radius 3 is 2.89 bits per heavy atom. The molecule has 0 aliphatic rings. The Labute approximate surface area is 171 Å². The zero-order valence-corrected chi connectivity index (χ0v) is 17.0. The van der Waals surface area contributed by atoms with E-state index in [4.69, 9.17) is 9.47 Å². The third-order valence-corrected chi connectivity index (χ3v) is 5.32. The van der Waals surface area contributed by atoms with E-state index in [0.29, 0.717) is 18.8 Å². The SMILES string of the molecule is Cc1cccc(OCCNC(=O)COC(=O)Cc2csc(-c3ccsc3)n2)c1. The molecule has 0 bridgehead atoms. The van der Waals surface area contributed by atoms with E-state index < -0.39 is 5.97 Å². The van der Waals surface area contributed by atoms with Crippen LogP contribution in [0.25, 0.3) is 10.6 Å². The van der Waals surface area contributed by atoms with Crippen molar-refractivity contribution in [1.29, 1.82) is 0 Å². The van der Waals surface area contributed by atoms with E-state index in [1.54, 1.807) is 11.3 Å². The summed E-state index contributed by atoms with van der Waals surface area (Å²) < 4.78 is 10.6. The van der Waals surface area contributed by atoms with Crippen LogP contribution in [0.4, 0.5) is 0 Å². The van der Waals surface area contributed by atoms with Gasteiger partial charge in [-0.05, 0) is 36.1 Å². The molecule has 0 radical (unpaired) electrons. The summed E-state index contributed by atoms with van der Waals surface area (Å²) in [5, 5.41) is 9.35. The third kappa shape index (κ3) is 6.17. The molecule has 28 heavy (non-hydrogen) atoms. The van der Waals surface area contributed by atoms with Gasteiger partial charge in [-0.15, -0.1) is 11.3 Å². The highest BCUT2D eigenvalue weighted by atomic mass is 32.1. The standard InChI is InChI=1S/C20H20N2O4S2/c1-14-3-2-4-17(9-14)25-7-6-21-18(23)11-26-19(24)10-16-13-28-20(22-16)15-5-8-27-12-15/h2-5,8-9,12-13H,6-7,10-11H2,1H3,(H,21,23). The lowest BCUT2D eigenvalue weighted by atomic mass is 10.2. The third-order valence-electron chi connectivity index (χ3n) is 3.69. The first-order valence-corrected chi connectivity index (χ1v) is 10.5. The van der Waals surface area contributed by atoms with Crippen LogP contribution in [0.2, 0.25) is 0 Å². The number of nitrogens with one attached hydrogen (secondary N) is 1. The van der Waals surface area contributed by atoms with Crippen molar-refractivity contribution < 1.29 is 19.1 Å². The summed E-state index contributed by atoms with van der Waals surface area (Å²) in [5.74, 6) is -0.0856. The fourth-order valence-electron chi connectivity index (χ4n) is 2.37. The first-order valence-electron chi connectivity index (χ1n) is 8.69. The smallest absolute Gasteiger partial charge is 0.312 e. The van der Waals surface area contributed by atoms with E-state index in [9.17, 15) is 9.59 Å². The average molecular weight is 417 g/mol. The van der Waals surface area contributed by atoms with Crippen molar-refractivity contribution in [3.8, 4) is 16.3 Å². The Morgan fingerprint density at radius 2 is 2.11 bits per heavy atom. The van der Waals surface area contributed by atoms with Crippen molar-refractivity contribution in [2.24, 2.45) is 0 Å². The Balaban J connectivity index is 1.32. The maximum atomic E-state index is 11.9. The molecule has 0 spiro atoms. The first kappa shape index (κ1) is 20.0. The van der Waals surface area contributed by atoms with E-state index in [1.165, 1.54) is 11.3 Å². The number of ether oxygens (including phenoxy) is 2. The second-order valence-corrected chi connectivity index (χ2v) is 7.65. The molecule has 146 valence electrons. The summed E-state index contributed by atoms with van der Waals surface area (Å²) in [5.41, 5.74) is 2.79. The Morgan fingerprint density at radius 1 is 1.21 bits per heavy atom. The highest BCUT2D eigenvalue weighted by molar-refractivity contribution is 7.14. The molecular weight excluding hydrogens is 396 g/mol. The molecule has 0 atom stereocenters. The number of hydrogen-bond acceptors (Lipinski definition) is 7. The molecule has 0 saturated carbocycles. The summed E-state index contributed by atoms with van der Waals surface area (Å²) in [4.78, 5) is 28.1. The van der Waals surface area contributed by atoms with Crippen molar-refractivity contribution in [1.82, 2.24) is 10.3 Å². The van der Waals surface area contributed by atoms with Crippen LogP contribution in [0.15, 0.2) is 46.5 Å². The van der Waals surface area contributed by atoms with Gasteiger partial charge < -0.3 is 14.8 Å². The van der Waals surface area contributed by atoms with Gasteiger partial charge in [-0.2, -0.15) is 11.3 Å². The Bertz CT molecular complexity index is 922. The number of rotatable bonds is 9. The molecule has 0 saturated heterocycles. The molecule has 0 aliphatic carbocycles. The van der Waals surface area contributed by atoms with Crippen LogP contribution in [0.5, 0.6) is 5.75 Å². The zero-order chi connectivity index (χ0) is 19.8. The minimum Gasteiger partial charge on any atom is -0.492 e. The minimum absolute atomic E-state index is 0.0460. The second kappa shape index (κ2) is 10.0. The number of carbonyl (C=O) groups excluding carboxylic acids is 2. The monoisotopic (exact) mass is 416 g/mol. The molecule has 1 amide bonds. The average Bonchev–Trinajstić information content (AvgIpc) is 3.35. The summed E-state index contributed by atoms with van der Waals surface area (Å²) in [6.45, 7) is 2.34. The molecule has 0 fully saturated rings. The van der Waals surface area contributed by atoms with Gasteiger partial charge in [0.15, 0.2) is 6.61 Å². The molecule has 1 N–H and O–H groups in total. The number of hydrogen-bond donors (Lipinski definition) is 1. The van der Waals surface area contributed by atoms with Gasteiger partial charge in [0.25, 0.3) is 5.91 Å². The molecule has 8 heteroatoms. The van der Waals surface area contributed by atoms with Gasteiger partial charge in [0.05, 0.1) is 18.7 Å². The Kier molecular flexibility index (Phi) is 7.16. The lowest BCUT2D eigenvalue weighted by Crippen LogP contribution is -2.32. The molecule has 0 unspecified atom stereocenters. The molecule has 6 nitrogen and oxygen atoms in total. The van der Waals surface area contributed by atoms with Crippen LogP contribution in [0.3, 0.4) is 0 Å². The van der Waals surface area contributed by atoms with Crippen LogP contribution in [-0.4, -0.2) is 36.6 Å². The number of benzene rings is 1. The van der Waals surface area contributed by atoms with Crippen LogP contribution in [0.1, 0.15) is 11.3 Å². The number of nitrogens with zero attached hydrogens (tertiary/aromatic N) is 1. The summed E-state index contributed by atoms with van der Waals surface area (Å²) in [7, 11) is 0. The van der Waals surface area contributed by atoms with E-state index in [0.717, 1.165) is 21.9 Å². The van der Waals surface area contributed by atoms with Crippen molar-refractivity contribution >= 4 is 34.6 Å². The number of esters is 1. The van der Waals surface area contributed by atoms with Crippen LogP contribution in [-0.2, 0) is 20.7 Å². The lowest BCUT2D eigenvalue weighted by molar-refractivity contribution is -0.147. The summed E-state index contributed by atoms with van der Waals surface area (Å²) in [6, 6.07) is 9.66. The number of thiophene rings is 1. The largest absolute Gasteiger partial charge is 0.492 e. The topological polar surface area (TPSA) is 77.5 Å². The van der Waals surface area contributed by atoms with E-state index in [-0.39, 0.29) is 18.9 Å². The fourth-order valence-corrected chi connectivity index (χ4v) is 3.90. The van der Waals surface area contributed by atoms with Gasteiger partial charge in [-0.1, -0.05) is 12.1 Å². The number of carbonyl (C=O) groups is 2. The molecule has 3 aromatic rings. The summed E-state index contributed by atoms with van der Waals surface area (Å²) >= 11 is 3.08. The number of aryl methyl sites for hydroxylation is 1. The molecular formula is C20H20N2O4S2. The fraction of sp³-hybridized carbons (Fsp3) is 0.250. The summed E-state index contributed by atoms with van der Waals surface area (Å²) in [6.07, 6.45) is 0.0460. The number of thiazole rings is 1.